The summed E-state index contributed by atoms with van der Waals surface area (Å²) in [4.78, 5) is 29.9. The standard InChI is InChI=1S/C26H27FN4O2/c1-4-5-6-20-24-21(13-26(2,3)14-22(24)32)31(30-20)23-12-9-18(16-28-23)25(33)29-15-17-7-10-19(27)11-8-17/h4,7-12,16H,1,5-6,13-15H2,2-3H3,(H,29,33). The van der Waals surface area contributed by atoms with E-state index >= 15 is 0 Å². The quantitative estimate of drug-likeness (QED) is 0.538. The van der Waals surface area contributed by atoms with E-state index in [1.165, 1.54) is 18.3 Å². The number of nitrogens with one attached hydrogen (secondary N) is 1. The van der Waals surface area contributed by atoms with Crippen LogP contribution in [0.25, 0.3) is 5.82 Å². The monoisotopic (exact) mass is 446 g/mol. The Labute approximate surface area is 192 Å². The molecule has 1 aliphatic carbocycles. The first-order chi connectivity index (χ1) is 15.8. The van der Waals surface area contributed by atoms with Crippen molar-refractivity contribution in [1.29, 1.82) is 0 Å². The highest BCUT2D eigenvalue weighted by atomic mass is 19.1. The summed E-state index contributed by atoms with van der Waals surface area (Å²) in [5.74, 6) is 0.0901. The zero-order chi connectivity index (χ0) is 23.6. The van der Waals surface area contributed by atoms with Crippen molar-refractivity contribution in [3.8, 4) is 5.82 Å². The summed E-state index contributed by atoms with van der Waals surface area (Å²) in [6.45, 7) is 8.22. The number of nitrogens with zero attached hydrogens (tertiary/aromatic N) is 3. The van der Waals surface area contributed by atoms with Crippen LogP contribution in [-0.2, 0) is 19.4 Å². The number of Topliss-reactive ketones (excluding diaryl/α,β-unsaturated/α-hetero) is 1. The molecule has 0 saturated carbocycles. The van der Waals surface area contributed by atoms with Crippen LogP contribution in [0.15, 0.2) is 55.3 Å². The fourth-order valence-electron chi connectivity index (χ4n) is 4.16. The van der Waals surface area contributed by atoms with Crippen molar-refractivity contribution in [1.82, 2.24) is 20.1 Å². The molecule has 2 heterocycles. The zero-order valence-electron chi connectivity index (χ0n) is 18.9. The molecule has 0 radical (unpaired) electrons. The minimum Gasteiger partial charge on any atom is -0.348 e. The Morgan fingerprint density at radius 2 is 1.97 bits per heavy atom. The highest BCUT2D eigenvalue weighted by Crippen LogP contribution is 2.37. The van der Waals surface area contributed by atoms with Gasteiger partial charge in [0.05, 0.1) is 22.5 Å². The second-order valence-corrected chi connectivity index (χ2v) is 9.16. The molecule has 1 aromatic carbocycles. The van der Waals surface area contributed by atoms with Gasteiger partial charge in [0.1, 0.15) is 5.82 Å². The predicted octanol–water partition coefficient (Wildman–Crippen LogP) is 4.61. The molecule has 2 aromatic heterocycles. The van der Waals surface area contributed by atoms with E-state index < -0.39 is 0 Å². The smallest absolute Gasteiger partial charge is 0.253 e. The van der Waals surface area contributed by atoms with Gasteiger partial charge in [-0.25, -0.2) is 14.1 Å². The second-order valence-electron chi connectivity index (χ2n) is 9.16. The summed E-state index contributed by atoms with van der Waals surface area (Å²) in [6, 6.07) is 9.41. The lowest BCUT2D eigenvalue weighted by Crippen LogP contribution is -2.28. The summed E-state index contributed by atoms with van der Waals surface area (Å²) >= 11 is 0. The molecule has 4 rings (SSSR count). The van der Waals surface area contributed by atoms with Gasteiger partial charge in [0, 0.05) is 19.2 Å². The molecule has 0 aliphatic heterocycles. The maximum Gasteiger partial charge on any atom is 0.253 e. The number of hydrogen-bond acceptors (Lipinski definition) is 4. The van der Waals surface area contributed by atoms with Crippen LogP contribution < -0.4 is 5.32 Å². The number of rotatable bonds is 7. The number of allylic oxidation sites excluding steroid dienone is 1. The molecule has 0 saturated heterocycles. The van der Waals surface area contributed by atoms with Crippen molar-refractivity contribution in [2.75, 3.05) is 0 Å². The van der Waals surface area contributed by atoms with E-state index in [-0.39, 0.29) is 29.5 Å². The molecule has 1 aliphatic rings. The molecular formula is C26H27FN4O2. The van der Waals surface area contributed by atoms with Gasteiger partial charge in [0.15, 0.2) is 11.6 Å². The van der Waals surface area contributed by atoms with E-state index in [0.29, 0.717) is 29.8 Å². The Kier molecular flexibility index (Phi) is 6.22. The highest BCUT2D eigenvalue weighted by molar-refractivity contribution is 6.00. The van der Waals surface area contributed by atoms with Crippen molar-refractivity contribution in [3.63, 3.8) is 0 Å². The number of amides is 1. The number of aryl methyl sites for hydroxylation is 1. The summed E-state index contributed by atoms with van der Waals surface area (Å²) in [5, 5.41) is 7.54. The number of carbonyl (C=O) groups is 2. The third-order valence-electron chi connectivity index (χ3n) is 5.80. The van der Waals surface area contributed by atoms with Gasteiger partial charge in [-0.2, -0.15) is 5.10 Å². The average Bonchev–Trinajstić information content (AvgIpc) is 3.14. The van der Waals surface area contributed by atoms with Crippen LogP contribution in [0.2, 0.25) is 0 Å². The van der Waals surface area contributed by atoms with Crippen molar-refractivity contribution < 1.29 is 14.0 Å². The largest absolute Gasteiger partial charge is 0.348 e. The van der Waals surface area contributed by atoms with Crippen molar-refractivity contribution in [2.45, 2.75) is 46.1 Å². The first kappa shape index (κ1) is 22.6. The first-order valence-electron chi connectivity index (χ1n) is 11.0. The molecule has 7 heteroatoms. The number of halogens is 1. The van der Waals surface area contributed by atoms with E-state index in [4.69, 9.17) is 5.10 Å². The van der Waals surface area contributed by atoms with Crippen molar-refractivity contribution in [3.05, 3.63) is 89.1 Å². The molecule has 0 spiro atoms. The van der Waals surface area contributed by atoms with Crippen molar-refractivity contribution in [2.24, 2.45) is 5.41 Å². The summed E-state index contributed by atoms with van der Waals surface area (Å²) in [6.07, 6.45) is 5.92. The SMILES string of the molecule is C=CCCc1nn(-c2ccc(C(=O)NCc3ccc(F)cc3)cn2)c2c1C(=O)CC(C)(C)C2. The summed E-state index contributed by atoms with van der Waals surface area (Å²) in [5.41, 5.74) is 3.41. The number of pyridine rings is 1. The van der Waals surface area contributed by atoms with Crippen LogP contribution in [0.1, 0.15) is 64.4 Å². The minimum atomic E-state index is -0.316. The molecule has 6 nitrogen and oxygen atoms in total. The van der Waals surface area contributed by atoms with Gasteiger partial charge in [-0.15, -0.1) is 6.58 Å². The molecule has 0 atom stereocenters. The maximum atomic E-state index is 13.0. The molecule has 0 fully saturated rings. The molecule has 1 N–H and O–H groups in total. The zero-order valence-corrected chi connectivity index (χ0v) is 18.9. The van der Waals surface area contributed by atoms with Gasteiger partial charge >= 0.3 is 0 Å². The molecule has 0 bridgehead atoms. The normalized spacial score (nSPS) is 14.6. The fraction of sp³-hybridized carbons (Fsp3) is 0.308. The predicted molar refractivity (Wildman–Crippen MR) is 124 cm³/mol. The third kappa shape index (κ3) is 4.92. The Bertz CT molecular complexity index is 1190. The third-order valence-corrected chi connectivity index (χ3v) is 5.80. The van der Waals surface area contributed by atoms with Gasteiger partial charge in [-0.1, -0.05) is 32.1 Å². The number of hydrogen-bond donors (Lipinski definition) is 1. The van der Waals surface area contributed by atoms with Gasteiger partial charge in [-0.3, -0.25) is 9.59 Å². The maximum absolute atomic E-state index is 13.0. The lowest BCUT2D eigenvalue weighted by Gasteiger charge is -2.29. The molecular weight excluding hydrogens is 419 g/mol. The van der Waals surface area contributed by atoms with Crippen LogP contribution >= 0.6 is 0 Å². The molecule has 0 unspecified atom stereocenters. The number of fused-ring (bicyclic) bond motifs is 1. The summed E-state index contributed by atoms with van der Waals surface area (Å²) < 4.78 is 14.8. The second kappa shape index (κ2) is 9.10. The Balaban J connectivity index is 1.57. The van der Waals surface area contributed by atoms with Crippen LogP contribution in [0, 0.1) is 11.2 Å². The number of aromatic nitrogens is 3. The van der Waals surface area contributed by atoms with Gasteiger partial charge in [-0.05, 0) is 54.5 Å². The lowest BCUT2D eigenvalue weighted by molar-refractivity contribution is 0.0908. The van der Waals surface area contributed by atoms with E-state index in [0.717, 1.165) is 29.8 Å². The fourth-order valence-corrected chi connectivity index (χ4v) is 4.16. The minimum absolute atomic E-state index is 0.114. The van der Waals surface area contributed by atoms with Crippen LogP contribution in [-0.4, -0.2) is 26.5 Å². The molecule has 33 heavy (non-hydrogen) atoms. The van der Waals surface area contributed by atoms with Crippen molar-refractivity contribution >= 4 is 11.7 Å². The molecule has 1 amide bonds. The number of benzene rings is 1. The Hall–Kier alpha value is -3.61. The lowest BCUT2D eigenvalue weighted by atomic mass is 9.75. The van der Waals surface area contributed by atoms with Gasteiger partial charge < -0.3 is 5.32 Å². The van der Waals surface area contributed by atoms with E-state index in [2.05, 4.69) is 30.7 Å². The number of carbonyl (C=O) groups excluding carboxylic acids is 2. The van der Waals surface area contributed by atoms with Crippen LogP contribution in [0.5, 0.6) is 0 Å². The Morgan fingerprint density at radius 3 is 2.64 bits per heavy atom. The van der Waals surface area contributed by atoms with E-state index in [1.54, 1.807) is 28.9 Å². The summed E-state index contributed by atoms with van der Waals surface area (Å²) in [7, 11) is 0. The first-order valence-corrected chi connectivity index (χ1v) is 11.0. The Morgan fingerprint density at radius 1 is 1.21 bits per heavy atom. The topological polar surface area (TPSA) is 76.9 Å². The van der Waals surface area contributed by atoms with E-state index in [9.17, 15) is 14.0 Å². The van der Waals surface area contributed by atoms with E-state index in [1.807, 2.05) is 6.08 Å². The number of ketones is 1. The average molecular weight is 447 g/mol. The highest BCUT2D eigenvalue weighted by Gasteiger charge is 2.36. The van der Waals surface area contributed by atoms with Crippen LogP contribution in [0.4, 0.5) is 4.39 Å². The van der Waals surface area contributed by atoms with Gasteiger partial charge in [0.25, 0.3) is 5.91 Å². The van der Waals surface area contributed by atoms with Crippen LogP contribution in [0.3, 0.4) is 0 Å². The van der Waals surface area contributed by atoms with Gasteiger partial charge in [0.2, 0.25) is 0 Å². The molecule has 3 aromatic rings. The molecule has 170 valence electrons.